The molecule has 1 fully saturated rings. The predicted octanol–water partition coefficient (Wildman–Crippen LogP) is 3.55. The van der Waals surface area contributed by atoms with Gasteiger partial charge in [0.15, 0.2) is 5.82 Å². The van der Waals surface area contributed by atoms with Gasteiger partial charge in [-0.3, -0.25) is 0 Å². The lowest BCUT2D eigenvalue weighted by Gasteiger charge is -2.34. The molecule has 9 heteroatoms. The molecule has 1 aromatic heterocycles. The zero-order valence-corrected chi connectivity index (χ0v) is 18.0. The first-order chi connectivity index (χ1) is 14.8. The van der Waals surface area contributed by atoms with E-state index < -0.39 is 26.6 Å². The van der Waals surface area contributed by atoms with Gasteiger partial charge in [-0.25, -0.2) is 17.2 Å². The highest BCUT2D eigenvalue weighted by molar-refractivity contribution is 7.89. The van der Waals surface area contributed by atoms with Gasteiger partial charge >= 0.3 is 0 Å². The van der Waals surface area contributed by atoms with Gasteiger partial charge in [0.2, 0.25) is 10.0 Å². The lowest BCUT2D eigenvalue weighted by Crippen LogP contribution is -2.49. The highest BCUT2D eigenvalue weighted by Gasteiger charge is 2.31. The van der Waals surface area contributed by atoms with E-state index in [0.29, 0.717) is 25.0 Å². The summed E-state index contributed by atoms with van der Waals surface area (Å²) >= 11 is 0. The molecule has 1 saturated heterocycles. The van der Waals surface area contributed by atoms with Crippen molar-refractivity contribution in [3.63, 3.8) is 0 Å². The second-order valence-corrected chi connectivity index (χ2v) is 9.45. The van der Waals surface area contributed by atoms with Crippen molar-refractivity contribution in [2.75, 3.05) is 31.1 Å². The zero-order valence-electron chi connectivity index (χ0n) is 17.2. The zero-order chi connectivity index (χ0) is 22.2. The number of rotatable bonds is 4. The number of aromatic nitrogens is 2. The van der Waals surface area contributed by atoms with E-state index in [1.165, 1.54) is 11.1 Å². The topological polar surface area (TPSA) is 66.4 Å². The van der Waals surface area contributed by atoms with E-state index in [9.17, 15) is 17.2 Å². The van der Waals surface area contributed by atoms with Gasteiger partial charge in [0.05, 0.1) is 5.69 Å². The molecule has 2 heterocycles. The van der Waals surface area contributed by atoms with Gasteiger partial charge in [-0.2, -0.15) is 4.31 Å². The van der Waals surface area contributed by atoms with Crippen molar-refractivity contribution in [2.45, 2.75) is 18.7 Å². The van der Waals surface area contributed by atoms with Crippen LogP contribution in [0, 0.1) is 25.5 Å². The van der Waals surface area contributed by atoms with Crippen molar-refractivity contribution >= 4 is 15.8 Å². The molecule has 1 aliphatic rings. The molecule has 4 rings (SSSR count). The largest absolute Gasteiger partial charge is 0.352 e. The Morgan fingerprint density at radius 3 is 2.23 bits per heavy atom. The van der Waals surface area contributed by atoms with Crippen LogP contribution in [0.3, 0.4) is 0 Å². The number of aryl methyl sites for hydroxylation is 2. The van der Waals surface area contributed by atoms with Crippen LogP contribution in [-0.4, -0.2) is 49.1 Å². The molecule has 0 radical (unpaired) electrons. The van der Waals surface area contributed by atoms with Crippen LogP contribution >= 0.6 is 0 Å². The normalized spacial score (nSPS) is 15.3. The van der Waals surface area contributed by atoms with E-state index in [-0.39, 0.29) is 13.1 Å². The maximum absolute atomic E-state index is 14.0. The van der Waals surface area contributed by atoms with Crippen LogP contribution in [-0.2, 0) is 10.0 Å². The monoisotopic (exact) mass is 444 g/mol. The molecule has 0 spiro atoms. The summed E-state index contributed by atoms with van der Waals surface area (Å²) in [6, 6.07) is 12.3. The summed E-state index contributed by atoms with van der Waals surface area (Å²) in [6.45, 7) is 5.11. The SMILES string of the molecule is Cc1ccc(-c2ccc(N3CCN(S(=O)(=O)c4cc(F)ccc4F)CC3)nn2)cc1C. The molecule has 31 heavy (non-hydrogen) atoms. The summed E-state index contributed by atoms with van der Waals surface area (Å²) in [5, 5.41) is 8.62. The quantitative estimate of drug-likeness (QED) is 0.616. The van der Waals surface area contributed by atoms with Crippen LogP contribution in [0.1, 0.15) is 11.1 Å². The van der Waals surface area contributed by atoms with Gasteiger partial charge in [-0.05, 0) is 61.4 Å². The highest BCUT2D eigenvalue weighted by atomic mass is 32.2. The van der Waals surface area contributed by atoms with E-state index in [1.54, 1.807) is 0 Å². The molecular formula is C22H22F2N4O2S. The minimum absolute atomic E-state index is 0.138. The van der Waals surface area contributed by atoms with Gasteiger partial charge in [0.1, 0.15) is 16.5 Å². The van der Waals surface area contributed by atoms with E-state index in [0.717, 1.165) is 27.7 Å². The number of benzene rings is 2. The first kappa shape index (κ1) is 21.3. The summed E-state index contributed by atoms with van der Waals surface area (Å²) in [4.78, 5) is 1.28. The molecule has 0 atom stereocenters. The lowest BCUT2D eigenvalue weighted by atomic mass is 10.0. The Kier molecular flexibility index (Phi) is 5.72. The number of sulfonamides is 1. The molecule has 0 saturated carbocycles. The number of hydrogen-bond acceptors (Lipinski definition) is 5. The Balaban J connectivity index is 1.46. The van der Waals surface area contributed by atoms with Crippen molar-refractivity contribution in [3.8, 4) is 11.3 Å². The van der Waals surface area contributed by atoms with E-state index in [4.69, 9.17) is 0 Å². The second-order valence-electron chi connectivity index (χ2n) is 7.54. The van der Waals surface area contributed by atoms with Crippen LogP contribution in [0.25, 0.3) is 11.3 Å². The third-order valence-corrected chi connectivity index (χ3v) is 7.44. The first-order valence-electron chi connectivity index (χ1n) is 9.87. The minimum atomic E-state index is -4.12. The maximum atomic E-state index is 14.0. The van der Waals surface area contributed by atoms with Crippen LogP contribution < -0.4 is 4.90 Å². The highest BCUT2D eigenvalue weighted by Crippen LogP contribution is 2.24. The minimum Gasteiger partial charge on any atom is -0.352 e. The Morgan fingerprint density at radius 2 is 1.58 bits per heavy atom. The van der Waals surface area contributed by atoms with Gasteiger partial charge in [0, 0.05) is 31.7 Å². The van der Waals surface area contributed by atoms with Crippen molar-refractivity contribution < 1.29 is 17.2 Å². The average molecular weight is 445 g/mol. The van der Waals surface area contributed by atoms with Gasteiger partial charge < -0.3 is 4.90 Å². The predicted molar refractivity (Wildman–Crippen MR) is 114 cm³/mol. The van der Waals surface area contributed by atoms with E-state index in [2.05, 4.69) is 23.2 Å². The van der Waals surface area contributed by atoms with Gasteiger partial charge in [-0.1, -0.05) is 12.1 Å². The van der Waals surface area contributed by atoms with Crippen molar-refractivity contribution in [3.05, 3.63) is 71.3 Å². The van der Waals surface area contributed by atoms with Gasteiger partial charge in [-0.15, -0.1) is 10.2 Å². The third-order valence-electron chi connectivity index (χ3n) is 5.53. The molecule has 6 nitrogen and oxygen atoms in total. The van der Waals surface area contributed by atoms with Crippen molar-refractivity contribution in [2.24, 2.45) is 0 Å². The molecule has 0 N–H and O–H groups in total. The molecule has 2 aromatic carbocycles. The van der Waals surface area contributed by atoms with Crippen LogP contribution in [0.2, 0.25) is 0 Å². The number of piperazine rings is 1. The first-order valence-corrected chi connectivity index (χ1v) is 11.3. The summed E-state index contributed by atoms with van der Waals surface area (Å²) in [5.41, 5.74) is 4.12. The fourth-order valence-electron chi connectivity index (χ4n) is 3.52. The number of nitrogens with zero attached hydrogens (tertiary/aromatic N) is 4. The molecular weight excluding hydrogens is 422 g/mol. The van der Waals surface area contributed by atoms with E-state index >= 15 is 0 Å². The Labute approximate surface area is 180 Å². The van der Waals surface area contributed by atoms with E-state index in [1.807, 2.05) is 36.1 Å². The maximum Gasteiger partial charge on any atom is 0.246 e. The molecule has 3 aromatic rings. The molecule has 0 unspecified atom stereocenters. The van der Waals surface area contributed by atoms with Crippen LogP contribution in [0.15, 0.2) is 53.4 Å². The number of halogens is 2. The molecule has 162 valence electrons. The number of anilines is 1. The van der Waals surface area contributed by atoms with Crippen molar-refractivity contribution in [1.29, 1.82) is 0 Å². The Bertz CT molecular complexity index is 1210. The average Bonchev–Trinajstić information content (AvgIpc) is 2.77. The molecule has 1 aliphatic heterocycles. The van der Waals surface area contributed by atoms with Gasteiger partial charge in [0.25, 0.3) is 0 Å². The van der Waals surface area contributed by atoms with Crippen LogP contribution in [0.5, 0.6) is 0 Å². The smallest absolute Gasteiger partial charge is 0.246 e. The molecule has 0 amide bonds. The summed E-state index contributed by atoms with van der Waals surface area (Å²) < 4.78 is 54.1. The third kappa shape index (κ3) is 4.28. The Hall–Kier alpha value is -2.91. The number of hydrogen-bond donors (Lipinski definition) is 0. The Morgan fingerprint density at radius 1 is 0.839 bits per heavy atom. The van der Waals surface area contributed by atoms with Crippen LogP contribution in [0.4, 0.5) is 14.6 Å². The second kappa shape index (κ2) is 8.32. The summed E-state index contributed by atoms with van der Waals surface area (Å²) in [6.07, 6.45) is 0. The molecule has 0 aliphatic carbocycles. The summed E-state index contributed by atoms with van der Waals surface area (Å²) in [5.74, 6) is -1.11. The molecule has 0 bridgehead atoms. The summed E-state index contributed by atoms with van der Waals surface area (Å²) in [7, 11) is -4.12. The fourth-order valence-corrected chi connectivity index (χ4v) is 5.02. The lowest BCUT2D eigenvalue weighted by molar-refractivity contribution is 0.380. The standard InChI is InChI=1S/C22H22F2N4O2S/c1-15-3-4-17(13-16(15)2)20-7-8-22(26-25-20)27-9-11-28(12-10-27)31(29,30)21-14-18(23)5-6-19(21)24/h3-8,13-14H,9-12H2,1-2H3. The fraction of sp³-hybridized carbons (Fsp3) is 0.273. The van der Waals surface area contributed by atoms with Crippen molar-refractivity contribution in [1.82, 2.24) is 14.5 Å².